The van der Waals surface area contributed by atoms with Crippen molar-refractivity contribution < 1.29 is 5.11 Å². The second kappa shape index (κ2) is 7.75. The number of likely N-dealkylation sites (tertiary alicyclic amines) is 1. The van der Waals surface area contributed by atoms with Crippen LogP contribution in [0.25, 0.3) is 0 Å². The van der Waals surface area contributed by atoms with Crippen molar-refractivity contribution in [1.29, 1.82) is 0 Å². The topological polar surface area (TPSA) is 41.3 Å². The van der Waals surface area contributed by atoms with E-state index in [0.29, 0.717) is 6.04 Å². The molecule has 0 amide bonds. The van der Waals surface area contributed by atoms with E-state index in [9.17, 15) is 5.11 Å². The molecule has 0 spiro atoms. The summed E-state index contributed by atoms with van der Waals surface area (Å²) in [6, 6.07) is 0.486. The van der Waals surface area contributed by atoms with Gasteiger partial charge in [0.05, 0.1) is 22.0 Å². The molecule has 21 heavy (non-hydrogen) atoms. The quantitative estimate of drug-likeness (QED) is 0.879. The Hall–Kier alpha value is -0.390. The lowest BCUT2D eigenvalue weighted by atomic mass is 10.0. The average molecular weight is 358 g/mol. The number of hydrogen-bond donors (Lipinski definition) is 1. The summed E-state index contributed by atoms with van der Waals surface area (Å²) in [5.74, 6) is 0. The van der Waals surface area contributed by atoms with Crippen LogP contribution in [0.15, 0.2) is 4.47 Å². The fourth-order valence-corrected chi connectivity index (χ4v) is 4.03. The number of hydrogen-bond acceptors (Lipinski definition) is 3. The van der Waals surface area contributed by atoms with Crippen LogP contribution in [0.2, 0.25) is 0 Å². The summed E-state index contributed by atoms with van der Waals surface area (Å²) in [7, 11) is 2.03. The minimum Gasteiger partial charge on any atom is -0.393 e. The Labute approximate surface area is 136 Å². The van der Waals surface area contributed by atoms with Gasteiger partial charge in [0, 0.05) is 19.6 Å². The van der Waals surface area contributed by atoms with Gasteiger partial charge in [0.25, 0.3) is 0 Å². The molecule has 0 aliphatic carbocycles. The molecule has 1 N–H and O–H groups in total. The summed E-state index contributed by atoms with van der Waals surface area (Å²) in [6.07, 6.45) is 6.63. The van der Waals surface area contributed by atoms with Gasteiger partial charge in [-0.05, 0) is 55.1 Å². The Balaban J connectivity index is 2.16. The molecule has 0 aromatic carbocycles. The maximum atomic E-state index is 9.78. The zero-order valence-electron chi connectivity index (χ0n) is 13.5. The van der Waals surface area contributed by atoms with E-state index < -0.39 is 0 Å². The smallest absolute Gasteiger partial charge is 0.0767 e. The third-order valence-electron chi connectivity index (χ3n) is 4.47. The maximum absolute atomic E-state index is 9.78. The molecular formula is C16H28BrN3O. The molecule has 4 nitrogen and oxygen atoms in total. The summed E-state index contributed by atoms with van der Waals surface area (Å²) < 4.78 is 3.17. The highest BCUT2D eigenvalue weighted by Crippen LogP contribution is 2.27. The van der Waals surface area contributed by atoms with Gasteiger partial charge in [-0.2, -0.15) is 5.10 Å². The van der Waals surface area contributed by atoms with E-state index in [-0.39, 0.29) is 6.10 Å². The molecule has 0 saturated carbocycles. The van der Waals surface area contributed by atoms with Crippen molar-refractivity contribution in [2.45, 2.75) is 71.1 Å². The van der Waals surface area contributed by atoms with Crippen LogP contribution in [0.1, 0.15) is 57.3 Å². The van der Waals surface area contributed by atoms with Crippen molar-refractivity contribution in [2.75, 3.05) is 6.54 Å². The lowest BCUT2D eigenvalue weighted by molar-refractivity contribution is 0.106. The van der Waals surface area contributed by atoms with Gasteiger partial charge in [0.15, 0.2) is 0 Å². The first-order chi connectivity index (χ1) is 10.0. The lowest BCUT2D eigenvalue weighted by Crippen LogP contribution is -2.37. The Morgan fingerprint density at radius 2 is 2.14 bits per heavy atom. The second-order valence-corrected chi connectivity index (χ2v) is 7.04. The van der Waals surface area contributed by atoms with Gasteiger partial charge in [0.1, 0.15) is 0 Å². The van der Waals surface area contributed by atoms with Crippen molar-refractivity contribution in [3.63, 3.8) is 0 Å². The highest BCUT2D eigenvalue weighted by Gasteiger charge is 2.25. The normalized spacial score (nSPS) is 22.2. The van der Waals surface area contributed by atoms with Crippen LogP contribution in [0.3, 0.4) is 0 Å². The number of aromatic nitrogens is 2. The number of rotatable bonds is 5. The van der Waals surface area contributed by atoms with Crippen molar-refractivity contribution >= 4 is 15.9 Å². The monoisotopic (exact) mass is 357 g/mol. The molecule has 0 radical (unpaired) electrons. The highest BCUT2D eigenvalue weighted by molar-refractivity contribution is 9.10. The molecule has 120 valence electrons. The lowest BCUT2D eigenvalue weighted by Gasteiger charge is -2.31. The Morgan fingerprint density at radius 1 is 1.38 bits per heavy atom. The van der Waals surface area contributed by atoms with Crippen LogP contribution in [-0.2, 0) is 20.0 Å². The molecule has 2 rings (SSSR count). The van der Waals surface area contributed by atoms with Crippen LogP contribution in [0, 0.1) is 0 Å². The van der Waals surface area contributed by atoms with Crippen molar-refractivity contribution in [3.05, 3.63) is 15.9 Å². The molecule has 1 aromatic heterocycles. The predicted molar refractivity (Wildman–Crippen MR) is 89.2 cm³/mol. The minimum atomic E-state index is -0.225. The van der Waals surface area contributed by atoms with Crippen LogP contribution >= 0.6 is 15.9 Å². The minimum absolute atomic E-state index is 0.225. The largest absolute Gasteiger partial charge is 0.393 e. The van der Waals surface area contributed by atoms with E-state index in [1.807, 2.05) is 18.7 Å². The molecule has 2 atom stereocenters. The van der Waals surface area contributed by atoms with E-state index in [2.05, 4.69) is 32.9 Å². The molecule has 2 heterocycles. The molecule has 1 fully saturated rings. The van der Waals surface area contributed by atoms with Crippen LogP contribution in [0.5, 0.6) is 0 Å². The third kappa shape index (κ3) is 4.30. The molecule has 0 bridgehead atoms. The van der Waals surface area contributed by atoms with Crippen LogP contribution in [0.4, 0.5) is 0 Å². The molecule has 1 aliphatic heterocycles. The van der Waals surface area contributed by atoms with Crippen LogP contribution < -0.4 is 0 Å². The summed E-state index contributed by atoms with van der Waals surface area (Å²) >= 11 is 3.72. The maximum Gasteiger partial charge on any atom is 0.0767 e. The molecular weight excluding hydrogens is 330 g/mol. The summed E-state index contributed by atoms with van der Waals surface area (Å²) in [5.41, 5.74) is 2.39. The zero-order valence-corrected chi connectivity index (χ0v) is 15.1. The molecule has 2 unspecified atom stereocenters. The first-order valence-electron chi connectivity index (χ1n) is 8.15. The van der Waals surface area contributed by atoms with E-state index in [1.54, 1.807) is 0 Å². The first-order valence-corrected chi connectivity index (χ1v) is 8.94. The van der Waals surface area contributed by atoms with Gasteiger partial charge in [-0.15, -0.1) is 0 Å². The van der Waals surface area contributed by atoms with E-state index in [4.69, 9.17) is 0 Å². The summed E-state index contributed by atoms with van der Waals surface area (Å²) in [4.78, 5) is 2.54. The van der Waals surface area contributed by atoms with Gasteiger partial charge in [-0.3, -0.25) is 9.58 Å². The average Bonchev–Trinajstić information content (AvgIpc) is 2.60. The van der Waals surface area contributed by atoms with Gasteiger partial charge < -0.3 is 5.11 Å². The number of halogens is 1. The molecule has 5 heteroatoms. The van der Waals surface area contributed by atoms with Crippen molar-refractivity contribution in [3.8, 4) is 0 Å². The first kappa shape index (κ1) is 17.0. The highest BCUT2D eigenvalue weighted by atomic mass is 79.9. The van der Waals surface area contributed by atoms with E-state index in [0.717, 1.165) is 36.1 Å². The van der Waals surface area contributed by atoms with Crippen LogP contribution in [-0.4, -0.2) is 38.5 Å². The number of aliphatic hydroxyl groups excluding tert-OH is 1. The molecule has 1 aliphatic rings. The van der Waals surface area contributed by atoms with Gasteiger partial charge in [0.2, 0.25) is 0 Å². The Morgan fingerprint density at radius 3 is 2.76 bits per heavy atom. The van der Waals surface area contributed by atoms with Gasteiger partial charge >= 0.3 is 0 Å². The van der Waals surface area contributed by atoms with Gasteiger partial charge in [-0.25, -0.2) is 0 Å². The summed E-state index contributed by atoms with van der Waals surface area (Å²) in [6.45, 7) is 6.08. The molecule has 1 saturated heterocycles. The Bertz CT molecular complexity index is 459. The fraction of sp³-hybridized carbons (Fsp3) is 0.812. The molecule has 1 aromatic rings. The zero-order chi connectivity index (χ0) is 15.4. The Kier molecular flexibility index (Phi) is 6.26. The third-order valence-corrected chi connectivity index (χ3v) is 5.38. The van der Waals surface area contributed by atoms with Crippen molar-refractivity contribution in [1.82, 2.24) is 14.7 Å². The van der Waals surface area contributed by atoms with E-state index >= 15 is 0 Å². The number of aryl methyl sites for hydroxylation is 2. The standard InChI is InChI=1S/C16H28BrN3O/c1-4-14-16(17)15(19(3)18-14)11-20-9-7-5-6-8-13(20)10-12(2)21/h12-13,21H,4-11H2,1-3H3. The van der Waals surface area contributed by atoms with E-state index in [1.165, 1.54) is 31.4 Å². The van der Waals surface area contributed by atoms with Gasteiger partial charge in [-0.1, -0.05) is 19.8 Å². The fourth-order valence-electron chi connectivity index (χ4n) is 3.29. The number of aliphatic hydroxyl groups is 1. The second-order valence-electron chi connectivity index (χ2n) is 6.24. The summed E-state index contributed by atoms with van der Waals surface area (Å²) in [5, 5.41) is 14.4. The van der Waals surface area contributed by atoms with Crippen molar-refractivity contribution in [2.24, 2.45) is 7.05 Å². The SMILES string of the molecule is CCc1nn(C)c(CN2CCCCCC2CC(C)O)c1Br. The number of nitrogens with zero attached hydrogens (tertiary/aromatic N) is 3. The predicted octanol–water partition coefficient (Wildman–Crippen LogP) is 3.26.